The molecule has 0 bridgehead atoms. The van der Waals surface area contributed by atoms with E-state index >= 15 is 0 Å². The molecule has 0 aromatic carbocycles. The van der Waals surface area contributed by atoms with Gasteiger partial charge in [-0.25, -0.2) is 4.98 Å². The largest absolute Gasteiger partial charge is 0.409 e. The summed E-state index contributed by atoms with van der Waals surface area (Å²) in [5.41, 5.74) is 6.21. The number of rotatable bonds is 3. The van der Waals surface area contributed by atoms with Crippen molar-refractivity contribution < 1.29 is 5.21 Å². The SMILES string of the molecule is Cc1nsc(Sc2cnccc2/C(N)=N/O)n1. The van der Waals surface area contributed by atoms with Crippen molar-refractivity contribution in [3.05, 3.63) is 29.8 Å². The van der Waals surface area contributed by atoms with E-state index in [1.807, 2.05) is 6.92 Å². The van der Waals surface area contributed by atoms with Crippen LogP contribution in [0, 0.1) is 6.92 Å². The molecule has 88 valence electrons. The fourth-order valence-electron chi connectivity index (χ4n) is 1.14. The molecular weight excluding hydrogens is 258 g/mol. The second-order valence-electron chi connectivity index (χ2n) is 3.07. The van der Waals surface area contributed by atoms with Crippen molar-refractivity contribution in [2.75, 3.05) is 0 Å². The predicted molar refractivity (Wildman–Crippen MR) is 65.5 cm³/mol. The molecule has 0 unspecified atom stereocenters. The zero-order valence-corrected chi connectivity index (χ0v) is 10.5. The molecule has 0 fully saturated rings. The van der Waals surface area contributed by atoms with E-state index in [2.05, 4.69) is 19.5 Å². The third-order valence-electron chi connectivity index (χ3n) is 1.87. The predicted octanol–water partition coefficient (Wildman–Crippen LogP) is 1.49. The molecule has 0 spiro atoms. The number of hydrogen-bond donors (Lipinski definition) is 2. The van der Waals surface area contributed by atoms with Gasteiger partial charge in [-0.3, -0.25) is 4.98 Å². The second-order valence-corrected chi connectivity index (χ2v) is 5.11. The maximum Gasteiger partial charge on any atom is 0.174 e. The number of hydrogen-bond acceptors (Lipinski definition) is 7. The number of aryl methyl sites for hydroxylation is 1. The van der Waals surface area contributed by atoms with Crippen LogP contribution in [-0.4, -0.2) is 25.4 Å². The van der Waals surface area contributed by atoms with Crippen LogP contribution in [0.2, 0.25) is 0 Å². The Bertz CT molecular complexity index is 554. The van der Waals surface area contributed by atoms with Gasteiger partial charge in [0.2, 0.25) is 0 Å². The lowest BCUT2D eigenvalue weighted by Crippen LogP contribution is -2.14. The molecule has 17 heavy (non-hydrogen) atoms. The fraction of sp³-hybridized carbons (Fsp3) is 0.111. The van der Waals surface area contributed by atoms with Crippen LogP contribution in [0.3, 0.4) is 0 Å². The summed E-state index contributed by atoms with van der Waals surface area (Å²) in [5.74, 6) is 0.780. The summed E-state index contributed by atoms with van der Waals surface area (Å²) in [6, 6.07) is 1.69. The lowest BCUT2D eigenvalue weighted by atomic mass is 10.2. The molecule has 0 saturated heterocycles. The van der Waals surface area contributed by atoms with E-state index < -0.39 is 0 Å². The molecule has 3 N–H and O–H groups in total. The molecule has 0 amide bonds. The molecule has 0 aliphatic heterocycles. The Labute approximate surface area is 106 Å². The first kappa shape index (κ1) is 11.8. The Morgan fingerprint density at radius 3 is 3.06 bits per heavy atom. The molecule has 2 heterocycles. The molecular formula is C9H9N5OS2. The van der Waals surface area contributed by atoms with Gasteiger partial charge in [-0.2, -0.15) is 4.37 Å². The van der Waals surface area contributed by atoms with Crippen LogP contribution in [0.15, 0.2) is 32.9 Å². The minimum Gasteiger partial charge on any atom is -0.409 e. The van der Waals surface area contributed by atoms with Crippen LogP contribution in [0.25, 0.3) is 0 Å². The Kier molecular flexibility index (Phi) is 3.55. The normalized spacial score (nSPS) is 11.7. The minimum atomic E-state index is 0.0520. The average Bonchev–Trinajstić information content (AvgIpc) is 2.74. The molecule has 2 aromatic heterocycles. The lowest BCUT2D eigenvalue weighted by molar-refractivity contribution is 0.318. The van der Waals surface area contributed by atoms with Crippen LogP contribution >= 0.6 is 23.3 Å². The van der Waals surface area contributed by atoms with Gasteiger partial charge in [0, 0.05) is 22.9 Å². The summed E-state index contributed by atoms with van der Waals surface area (Å²) in [7, 11) is 0. The number of pyridine rings is 1. The van der Waals surface area contributed by atoms with E-state index in [-0.39, 0.29) is 5.84 Å². The number of aromatic nitrogens is 3. The van der Waals surface area contributed by atoms with Crippen LogP contribution in [0.4, 0.5) is 0 Å². The molecule has 0 radical (unpaired) electrons. The first-order valence-corrected chi connectivity index (χ1v) is 6.20. The van der Waals surface area contributed by atoms with Gasteiger partial charge < -0.3 is 10.9 Å². The maximum atomic E-state index is 8.69. The highest BCUT2D eigenvalue weighted by Crippen LogP contribution is 2.30. The van der Waals surface area contributed by atoms with Gasteiger partial charge in [0.05, 0.1) is 0 Å². The third-order valence-corrected chi connectivity index (χ3v) is 3.76. The van der Waals surface area contributed by atoms with Crippen LogP contribution < -0.4 is 5.73 Å². The van der Waals surface area contributed by atoms with Gasteiger partial charge >= 0.3 is 0 Å². The summed E-state index contributed by atoms with van der Waals surface area (Å²) >= 11 is 2.69. The van der Waals surface area contributed by atoms with E-state index in [1.54, 1.807) is 18.5 Å². The van der Waals surface area contributed by atoms with Crippen molar-refractivity contribution in [2.24, 2.45) is 10.9 Å². The topological polar surface area (TPSA) is 97.3 Å². The summed E-state index contributed by atoms with van der Waals surface area (Å²) in [4.78, 5) is 9.02. The number of oxime groups is 1. The Morgan fingerprint density at radius 2 is 2.41 bits per heavy atom. The average molecular weight is 267 g/mol. The summed E-state index contributed by atoms with van der Waals surface area (Å²) < 4.78 is 4.88. The van der Waals surface area contributed by atoms with Crippen LogP contribution in [-0.2, 0) is 0 Å². The molecule has 6 nitrogen and oxygen atoms in total. The van der Waals surface area contributed by atoms with Crippen molar-refractivity contribution in [2.45, 2.75) is 16.2 Å². The minimum absolute atomic E-state index is 0.0520. The Balaban J connectivity index is 2.32. The first-order chi connectivity index (χ1) is 8.20. The second kappa shape index (κ2) is 5.11. The molecule has 0 aliphatic carbocycles. The smallest absolute Gasteiger partial charge is 0.174 e. The maximum absolute atomic E-state index is 8.69. The van der Waals surface area contributed by atoms with Crippen molar-refractivity contribution >= 4 is 29.1 Å². The standard InChI is InChI=1S/C9H9N5OS2/c1-5-12-9(17-14-5)16-7-4-11-3-2-6(7)8(10)13-15/h2-4,15H,1H3,(H2,10,13). The quantitative estimate of drug-likeness (QED) is 0.378. The number of amidine groups is 1. The van der Waals surface area contributed by atoms with E-state index in [4.69, 9.17) is 10.9 Å². The van der Waals surface area contributed by atoms with E-state index in [1.165, 1.54) is 23.3 Å². The van der Waals surface area contributed by atoms with Gasteiger partial charge in [-0.05, 0) is 24.5 Å². The van der Waals surface area contributed by atoms with E-state index in [9.17, 15) is 0 Å². The van der Waals surface area contributed by atoms with Crippen LogP contribution in [0.1, 0.15) is 11.4 Å². The summed E-state index contributed by atoms with van der Waals surface area (Å²) in [5, 5.41) is 11.7. The lowest BCUT2D eigenvalue weighted by Gasteiger charge is -2.04. The van der Waals surface area contributed by atoms with Crippen molar-refractivity contribution in [1.82, 2.24) is 14.3 Å². The fourth-order valence-corrected chi connectivity index (χ4v) is 2.86. The number of nitrogens with zero attached hydrogens (tertiary/aromatic N) is 4. The first-order valence-electron chi connectivity index (χ1n) is 4.61. The monoisotopic (exact) mass is 267 g/mol. The van der Waals surface area contributed by atoms with Gasteiger partial charge in [0.1, 0.15) is 5.82 Å². The zero-order chi connectivity index (χ0) is 12.3. The zero-order valence-electron chi connectivity index (χ0n) is 8.86. The molecule has 0 atom stereocenters. The summed E-state index contributed by atoms with van der Waals surface area (Å²) in [6.07, 6.45) is 3.23. The molecule has 8 heteroatoms. The highest BCUT2D eigenvalue weighted by Gasteiger charge is 2.10. The third kappa shape index (κ3) is 2.71. The van der Waals surface area contributed by atoms with Gasteiger partial charge in [-0.1, -0.05) is 16.9 Å². The highest BCUT2D eigenvalue weighted by atomic mass is 32.2. The van der Waals surface area contributed by atoms with E-state index in [0.29, 0.717) is 5.56 Å². The van der Waals surface area contributed by atoms with Gasteiger partial charge in [-0.15, -0.1) is 0 Å². The number of nitrogens with two attached hydrogens (primary N) is 1. The molecule has 0 saturated carbocycles. The van der Waals surface area contributed by atoms with Crippen molar-refractivity contribution in [3.63, 3.8) is 0 Å². The van der Waals surface area contributed by atoms with Gasteiger partial charge in [0.15, 0.2) is 10.2 Å². The van der Waals surface area contributed by atoms with Crippen molar-refractivity contribution in [1.29, 1.82) is 0 Å². The Morgan fingerprint density at radius 1 is 1.59 bits per heavy atom. The molecule has 0 aliphatic rings. The van der Waals surface area contributed by atoms with Gasteiger partial charge in [0.25, 0.3) is 0 Å². The summed E-state index contributed by atoms with van der Waals surface area (Å²) in [6.45, 7) is 1.83. The van der Waals surface area contributed by atoms with Crippen LogP contribution in [0.5, 0.6) is 0 Å². The van der Waals surface area contributed by atoms with E-state index in [0.717, 1.165) is 15.1 Å². The molecule has 2 rings (SSSR count). The highest BCUT2D eigenvalue weighted by molar-refractivity contribution is 8.01. The Hall–Kier alpha value is -1.67. The van der Waals surface area contributed by atoms with Crippen molar-refractivity contribution in [3.8, 4) is 0 Å². The molecule has 2 aromatic rings.